The Bertz CT molecular complexity index is 333. The summed E-state index contributed by atoms with van der Waals surface area (Å²) in [7, 11) is 0. The molecule has 0 aliphatic carbocycles. The van der Waals surface area contributed by atoms with Gasteiger partial charge in [0, 0.05) is 12.0 Å². The van der Waals surface area contributed by atoms with Crippen molar-refractivity contribution in [1.29, 1.82) is 0 Å². The highest BCUT2D eigenvalue weighted by atomic mass is 35.5. The van der Waals surface area contributed by atoms with Gasteiger partial charge in [-0.25, -0.2) is 0 Å². The van der Waals surface area contributed by atoms with E-state index in [0.717, 1.165) is 18.1 Å². The molecule has 1 rings (SSSR count). The number of halogens is 1. The first kappa shape index (κ1) is 14.5. The maximum Gasteiger partial charge on any atom is 0.148 e. The van der Waals surface area contributed by atoms with Crippen molar-refractivity contribution in [3.63, 3.8) is 0 Å². The highest BCUT2D eigenvalue weighted by Crippen LogP contribution is 2.27. The number of nitrogens with zero attached hydrogens (tertiary/aromatic N) is 3. The molecule has 1 aromatic heterocycles. The molecule has 0 radical (unpaired) electrons. The molecular weight excluding hydrogens is 234 g/mol. The molecule has 0 saturated heterocycles. The van der Waals surface area contributed by atoms with Crippen LogP contribution in [0.15, 0.2) is 0 Å². The summed E-state index contributed by atoms with van der Waals surface area (Å²) in [6.45, 7) is 8.77. The normalized spacial score (nSPS) is 13.3. The largest absolute Gasteiger partial charge is 0.311 e. The minimum Gasteiger partial charge on any atom is -0.311 e. The number of hydrogen-bond acceptors (Lipinski definition) is 2. The Morgan fingerprint density at radius 1 is 1.24 bits per heavy atom. The van der Waals surface area contributed by atoms with Crippen molar-refractivity contribution in [3.8, 4) is 0 Å². The molecule has 3 nitrogen and oxygen atoms in total. The van der Waals surface area contributed by atoms with Gasteiger partial charge in [-0.05, 0) is 26.7 Å². The van der Waals surface area contributed by atoms with Crippen LogP contribution in [0.5, 0.6) is 0 Å². The van der Waals surface area contributed by atoms with E-state index in [-0.39, 0.29) is 0 Å². The molecule has 0 bridgehead atoms. The third-order valence-electron chi connectivity index (χ3n) is 3.19. The molecule has 1 heterocycles. The van der Waals surface area contributed by atoms with Crippen LogP contribution in [0.2, 0.25) is 0 Å². The smallest absolute Gasteiger partial charge is 0.148 e. The molecule has 17 heavy (non-hydrogen) atoms. The van der Waals surface area contributed by atoms with Gasteiger partial charge in [0.05, 0.1) is 5.88 Å². The molecule has 0 aromatic carbocycles. The highest BCUT2D eigenvalue weighted by molar-refractivity contribution is 6.16. The van der Waals surface area contributed by atoms with E-state index in [9.17, 15) is 0 Å². The van der Waals surface area contributed by atoms with Crippen LogP contribution in [0.1, 0.15) is 77.0 Å². The lowest BCUT2D eigenvalue weighted by atomic mass is 9.98. The predicted octanol–water partition coefficient (Wildman–Crippen LogP) is 4.28. The lowest BCUT2D eigenvalue weighted by Crippen LogP contribution is -2.13. The minimum absolute atomic E-state index is 0.379. The van der Waals surface area contributed by atoms with E-state index in [4.69, 9.17) is 11.6 Å². The first-order valence-electron chi connectivity index (χ1n) is 6.65. The lowest BCUT2D eigenvalue weighted by Gasteiger charge is -2.19. The van der Waals surface area contributed by atoms with Gasteiger partial charge < -0.3 is 4.57 Å². The summed E-state index contributed by atoms with van der Waals surface area (Å²) in [5.74, 6) is 2.97. The van der Waals surface area contributed by atoms with Crippen molar-refractivity contribution in [2.45, 2.75) is 71.2 Å². The first-order valence-corrected chi connectivity index (χ1v) is 7.18. The molecule has 0 spiro atoms. The average molecular weight is 258 g/mol. The van der Waals surface area contributed by atoms with Gasteiger partial charge in [-0.1, -0.05) is 26.7 Å². The third kappa shape index (κ3) is 3.44. The van der Waals surface area contributed by atoms with Gasteiger partial charge in [0.2, 0.25) is 0 Å². The van der Waals surface area contributed by atoms with Gasteiger partial charge in [-0.3, -0.25) is 0 Å². The average Bonchev–Trinajstić information content (AvgIpc) is 2.74. The van der Waals surface area contributed by atoms with Gasteiger partial charge >= 0.3 is 0 Å². The molecule has 0 aliphatic heterocycles. The summed E-state index contributed by atoms with van der Waals surface area (Å²) in [6, 6.07) is 0.379. The molecule has 98 valence electrons. The Hall–Kier alpha value is -0.570. The first-order chi connectivity index (χ1) is 8.15. The third-order valence-corrected chi connectivity index (χ3v) is 3.43. The van der Waals surface area contributed by atoms with Crippen LogP contribution in [0.3, 0.4) is 0 Å². The fourth-order valence-electron chi connectivity index (χ4n) is 2.24. The Morgan fingerprint density at radius 3 is 2.41 bits per heavy atom. The van der Waals surface area contributed by atoms with Gasteiger partial charge in [0.1, 0.15) is 11.6 Å². The zero-order valence-corrected chi connectivity index (χ0v) is 12.2. The zero-order chi connectivity index (χ0) is 12.8. The van der Waals surface area contributed by atoms with Crippen LogP contribution in [0.4, 0.5) is 0 Å². The molecule has 0 aliphatic rings. The van der Waals surface area contributed by atoms with Crippen molar-refractivity contribution in [2.75, 3.05) is 0 Å². The molecule has 0 fully saturated rings. The van der Waals surface area contributed by atoms with Crippen molar-refractivity contribution in [2.24, 2.45) is 0 Å². The van der Waals surface area contributed by atoms with E-state index in [1.165, 1.54) is 19.3 Å². The summed E-state index contributed by atoms with van der Waals surface area (Å²) >= 11 is 5.92. The summed E-state index contributed by atoms with van der Waals surface area (Å²) in [6.07, 6.45) is 4.79. The van der Waals surface area contributed by atoms with Crippen LogP contribution >= 0.6 is 11.6 Å². The zero-order valence-electron chi connectivity index (χ0n) is 11.4. The van der Waals surface area contributed by atoms with Crippen LogP contribution in [0.25, 0.3) is 0 Å². The van der Waals surface area contributed by atoms with E-state index in [2.05, 4.69) is 42.5 Å². The Morgan fingerprint density at radius 2 is 1.94 bits per heavy atom. The second-order valence-corrected chi connectivity index (χ2v) is 5.09. The quantitative estimate of drug-likeness (QED) is 0.683. The van der Waals surface area contributed by atoms with Crippen LogP contribution in [0, 0.1) is 0 Å². The van der Waals surface area contributed by atoms with Crippen LogP contribution in [-0.4, -0.2) is 14.8 Å². The number of aromatic nitrogens is 3. The van der Waals surface area contributed by atoms with Crippen molar-refractivity contribution >= 4 is 11.6 Å². The molecule has 1 aromatic rings. The monoisotopic (exact) mass is 257 g/mol. The highest BCUT2D eigenvalue weighted by Gasteiger charge is 2.20. The molecule has 0 amide bonds. The Balaban J connectivity index is 2.97. The number of alkyl halides is 1. The topological polar surface area (TPSA) is 30.7 Å². The SMILES string of the molecule is CCCCC(CC)c1nnc(CCl)n1C(C)C. The number of rotatable bonds is 7. The Kier molecular flexibility index (Phi) is 5.96. The second kappa shape index (κ2) is 7.00. The number of hydrogen-bond donors (Lipinski definition) is 0. The summed E-state index contributed by atoms with van der Waals surface area (Å²) in [5, 5.41) is 8.57. The van der Waals surface area contributed by atoms with E-state index in [1.807, 2.05) is 0 Å². The summed E-state index contributed by atoms with van der Waals surface area (Å²) < 4.78 is 2.21. The fraction of sp³-hybridized carbons (Fsp3) is 0.846. The number of unbranched alkanes of at least 4 members (excludes halogenated alkanes) is 1. The van der Waals surface area contributed by atoms with Gasteiger partial charge in [0.25, 0.3) is 0 Å². The maximum absolute atomic E-state index is 5.92. The predicted molar refractivity (Wildman–Crippen MR) is 72.5 cm³/mol. The molecule has 1 atom stereocenters. The van der Waals surface area contributed by atoms with E-state index in [1.54, 1.807) is 0 Å². The standard InChI is InChI=1S/C13H24ClN3/c1-5-7-8-11(6-2)13-16-15-12(9-14)17(13)10(3)4/h10-11H,5-9H2,1-4H3. The van der Waals surface area contributed by atoms with E-state index < -0.39 is 0 Å². The summed E-state index contributed by atoms with van der Waals surface area (Å²) in [4.78, 5) is 0. The van der Waals surface area contributed by atoms with Crippen LogP contribution < -0.4 is 0 Å². The molecule has 1 unspecified atom stereocenters. The van der Waals surface area contributed by atoms with Gasteiger partial charge in [0.15, 0.2) is 0 Å². The maximum atomic E-state index is 5.92. The van der Waals surface area contributed by atoms with Gasteiger partial charge in [-0.15, -0.1) is 21.8 Å². The van der Waals surface area contributed by atoms with E-state index in [0.29, 0.717) is 17.8 Å². The van der Waals surface area contributed by atoms with Crippen LogP contribution in [-0.2, 0) is 5.88 Å². The molecular formula is C13H24ClN3. The second-order valence-electron chi connectivity index (χ2n) is 4.82. The van der Waals surface area contributed by atoms with Crippen molar-refractivity contribution in [3.05, 3.63) is 11.6 Å². The molecule has 0 saturated carbocycles. The Labute approximate surface area is 110 Å². The molecule has 0 N–H and O–H groups in total. The summed E-state index contributed by atoms with van der Waals surface area (Å²) in [5.41, 5.74) is 0. The minimum atomic E-state index is 0.379. The van der Waals surface area contributed by atoms with Crippen molar-refractivity contribution < 1.29 is 0 Å². The van der Waals surface area contributed by atoms with Crippen molar-refractivity contribution in [1.82, 2.24) is 14.8 Å². The fourth-order valence-corrected chi connectivity index (χ4v) is 2.42. The van der Waals surface area contributed by atoms with E-state index >= 15 is 0 Å². The lowest BCUT2D eigenvalue weighted by molar-refractivity contribution is 0.478. The van der Waals surface area contributed by atoms with Gasteiger partial charge in [-0.2, -0.15) is 0 Å². The molecule has 4 heteroatoms.